The van der Waals surface area contributed by atoms with Crippen LogP contribution in [0.2, 0.25) is 0 Å². The van der Waals surface area contributed by atoms with E-state index in [1.165, 1.54) is 0 Å². The molecule has 0 atom stereocenters. The molecule has 0 spiro atoms. The molecule has 0 amide bonds. The van der Waals surface area contributed by atoms with Gasteiger partial charge in [-0.3, -0.25) is 4.79 Å². The average molecular weight is 273 g/mol. The Labute approximate surface area is 118 Å². The Morgan fingerprint density at radius 1 is 1.25 bits per heavy atom. The molecule has 0 saturated heterocycles. The van der Waals surface area contributed by atoms with Crippen LogP contribution < -0.4 is 5.32 Å². The Hall–Kier alpha value is -2.23. The maximum atomic E-state index is 10.6. The Kier molecular flexibility index (Phi) is 4.82. The van der Waals surface area contributed by atoms with Gasteiger partial charge in [0, 0.05) is 18.5 Å². The molecule has 0 radical (unpaired) electrons. The minimum Gasteiger partial charge on any atom is -0.481 e. The van der Waals surface area contributed by atoms with Gasteiger partial charge in [-0.25, -0.2) is 0 Å². The van der Waals surface area contributed by atoms with Crippen molar-refractivity contribution in [2.45, 2.75) is 32.7 Å². The van der Waals surface area contributed by atoms with Crippen molar-refractivity contribution < 1.29 is 14.3 Å². The van der Waals surface area contributed by atoms with Crippen LogP contribution >= 0.6 is 0 Å². The van der Waals surface area contributed by atoms with E-state index in [9.17, 15) is 4.79 Å². The van der Waals surface area contributed by atoms with Crippen molar-refractivity contribution in [1.82, 2.24) is 0 Å². The molecule has 2 rings (SSSR count). The largest absolute Gasteiger partial charge is 0.481 e. The molecule has 1 aromatic heterocycles. The number of hydrogen-bond acceptors (Lipinski definition) is 3. The molecule has 4 nitrogen and oxygen atoms in total. The zero-order valence-corrected chi connectivity index (χ0v) is 11.6. The first-order chi connectivity index (χ1) is 9.67. The fourth-order valence-corrected chi connectivity index (χ4v) is 1.98. The number of carbonyl (C=O) groups is 1. The SMILES string of the molecule is CCc1ccc(CNc2cccc(CCC(=O)O)c2)o1. The van der Waals surface area contributed by atoms with Crippen molar-refractivity contribution in [3.8, 4) is 0 Å². The quantitative estimate of drug-likeness (QED) is 0.810. The molecule has 2 aromatic rings. The predicted molar refractivity (Wildman–Crippen MR) is 77.8 cm³/mol. The first kappa shape index (κ1) is 14.2. The van der Waals surface area contributed by atoms with Gasteiger partial charge in [-0.2, -0.15) is 0 Å². The highest BCUT2D eigenvalue weighted by molar-refractivity contribution is 5.67. The molecular formula is C16H19NO3. The van der Waals surface area contributed by atoms with Gasteiger partial charge in [-0.1, -0.05) is 19.1 Å². The van der Waals surface area contributed by atoms with E-state index >= 15 is 0 Å². The zero-order chi connectivity index (χ0) is 14.4. The van der Waals surface area contributed by atoms with Crippen molar-refractivity contribution in [2.24, 2.45) is 0 Å². The number of nitrogens with one attached hydrogen (secondary N) is 1. The highest BCUT2D eigenvalue weighted by Gasteiger charge is 2.02. The second kappa shape index (κ2) is 6.80. The number of anilines is 1. The van der Waals surface area contributed by atoms with E-state index in [0.29, 0.717) is 13.0 Å². The van der Waals surface area contributed by atoms with Crippen LogP contribution in [0, 0.1) is 0 Å². The Bertz CT molecular complexity index is 575. The van der Waals surface area contributed by atoms with Crippen LogP contribution in [-0.4, -0.2) is 11.1 Å². The van der Waals surface area contributed by atoms with Crippen molar-refractivity contribution in [1.29, 1.82) is 0 Å². The third-order valence-electron chi connectivity index (χ3n) is 3.09. The fraction of sp³-hybridized carbons (Fsp3) is 0.312. The van der Waals surface area contributed by atoms with E-state index in [0.717, 1.165) is 29.2 Å². The van der Waals surface area contributed by atoms with Gasteiger partial charge in [0.15, 0.2) is 0 Å². The second-order valence-electron chi connectivity index (χ2n) is 4.67. The second-order valence-corrected chi connectivity index (χ2v) is 4.67. The number of carboxylic acids is 1. The predicted octanol–water partition coefficient (Wildman–Crippen LogP) is 3.47. The first-order valence-corrected chi connectivity index (χ1v) is 6.79. The molecule has 106 valence electrons. The van der Waals surface area contributed by atoms with Crippen molar-refractivity contribution in [3.05, 3.63) is 53.5 Å². The summed E-state index contributed by atoms with van der Waals surface area (Å²) in [5.74, 6) is 1.11. The third kappa shape index (κ3) is 4.16. The standard InChI is InChI=1S/C16H19NO3/c1-2-14-7-8-15(20-14)11-17-13-5-3-4-12(10-13)6-9-16(18)19/h3-5,7-8,10,17H,2,6,9,11H2,1H3,(H,18,19). The van der Waals surface area contributed by atoms with Crippen LogP contribution in [0.4, 0.5) is 5.69 Å². The molecule has 0 aliphatic rings. The summed E-state index contributed by atoms with van der Waals surface area (Å²) in [4.78, 5) is 10.6. The Balaban J connectivity index is 1.92. The fourth-order valence-electron chi connectivity index (χ4n) is 1.98. The smallest absolute Gasteiger partial charge is 0.303 e. The van der Waals surface area contributed by atoms with Gasteiger partial charge < -0.3 is 14.8 Å². The van der Waals surface area contributed by atoms with Gasteiger partial charge >= 0.3 is 5.97 Å². The minimum absolute atomic E-state index is 0.154. The zero-order valence-electron chi connectivity index (χ0n) is 11.6. The van der Waals surface area contributed by atoms with Crippen LogP contribution in [0.1, 0.15) is 30.4 Å². The number of furan rings is 1. The lowest BCUT2D eigenvalue weighted by molar-refractivity contribution is -0.136. The Morgan fingerprint density at radius 2 is 2.05 bits per heavy atom. The van der Waals surface area contributed by atoms with E-state index in [1.807, 2.05) is 36.4 Å². The molecule has 4 heteroatoms. The van der Waals surface area contributed by atoms with E-state index in [4.69, 9.17) is 9.52 Å². The number of carboxylic acid groups (broad SMARTS) is 1. The van der Waals surface area contributed by atoms with Gasteiger partial charge in [0.25, 0.3) is 0 Å². The molecule has 0 aliphatic carbocycles. The summed E-state index contributed by atoms with van der Waals surface area (Å²) < 4.78 is 5.62. The summed E-state index contributed by atoms with van der Waals surface area (Å²) in [6.45, 7) is 2.68. The molecule has 2 N–H and O–H groups in total. The summed E-state index contributed by atoms with van der Waals surface area (Å²) in [7, 11) is 0. The molecule has 20 heavy (non-hydrogen) atoms. The average Bonchev–Trinajstić information content (AvgIpc) is 2.91. The normalized spacial score (nSPS) is 10.4. The van der Waals surface area contributed by atoms with E-state index in [-0.39, 0.29) is 6.42 Å². The van der Waals surface area contributed by atoms with E-state index < -0.39 is 5.97 Å². The lowest BCUT2D eigenvalue weighted by Crippen LogP contribution is -2.00. The maximum Gasteiger partial charge on any atom is 0.303 e. The summed E-state index contributed by atoms with van der Waals surface area (Å²) in [5.41, 5.74) is 1.99. The monoisotopic (exact) mass is 273 g/mol. The van der Waals surface area contributed by atoms with E-state index in [2.05, 4.69) is 12.2 Å². The number of aryl methyl sites for hydroxylation is 2. The topological polar surface area (TPSA) is 62.5 Å². The van der Waals surface area contributed by atoms with Crippen molar-refractivity contribution in [2.75, 3.05) is 5.32 Å². The number of rotatable bonds is 7. The maximum absolute atomic E-state index is 10.6. The van der Waals surface area contributed by atoms with Crippen LogP contribution in [0.3, 0.4) is 0 Å². The molecule has 0 fully saturated rings. The molecule has 0 saturated carbocycles. The summed E-state index contributed by atoms with van der Waals surface area (Å²) in [6, 6.07) is 11.8. The molecule has 1 aromatic carbocycles. The van der Waals surface area contributed by atoms with Gasteiger partial charge in [0.1, 0.15) is 11.5 Å². The Morgan fingerprint density at radius 3 is 2.75 bits per heavy atom. The lowest BCUT2D eigenvalue weighted by Gasteiger charge is -2.06. The summed E-state index contributed by atoms with van der Waals surface area (Å²) in [6.07, 6.45) is 1.59. The van der Waals surface area contributed by atoms with Crippen LogP contribution in [0.25, 0.3) is 0 Å². The highest BCUT2D eigenvalue weighted by Crippen LogP contribution is 2.15. The van der Waals surface area contributed by atoms with Crippen LogP contribution in [-0.2, 0) is 24.2 Å². The first-order valence-electron chi connectivity index (χ1n) is 6.79. The molecular weight excluding hydrogens is 254 g/mol. The summed E-state index contributed by atoms with van der Waals surface area (Å²) in [5, 5.41) is 12.0. The van der Waals surface area contributed by atoms with Crippen molar-refractivity contribution >= 4 is 11.7 Å². The van der Waals surface area contributed by atoms with Gasteiger partial charge in [-0.05, 0) is 36.2 Å². The number of benzene rings is 1. The lowest BCUT2D eigenvalue weighted by atomic mass is 10.1. The van der Waals surface area contributed by atoms with Crippen molar-refractivity contribution in [3.63, 3.8) is 0 Å². The van der Waals surface area contributed by atoms with Crippen LogP contribution in [0.5, 0.6) is 0 Å². The van der Waals surface area contributed by atoms with E-state index in [1.54, 1.807) is 0 Å². The molecule has 0 unspecified atom stereocenters. The number of hydrogen-bond donors (Lipinski definition) is 2. The number of aliphatic carboxylic acids is 1. The van der Waals surface area contributed by atoms with Crippen LogP contribution in [0.15, 0.2) is 40.8 Å². The molecule has 0 bridgehead atoms. The van der Waals surface area contributed by atoms with Gasteiger partial charge in [0.2, 0.25) is 0 Å². The summed E-state index contributed by atoms with van der Waals surface area (Å²) >= 11 is 0. The third-order valence-corrected chi connectivity index (χ3v) is 3.09. The minimum atomic E-state index is -0.772. The molecule has 0 aliphatic heterocycles. The molecule has 1 heterocycles. The highest BCUT2D eigenvalue weighted by atomic mass is 16.4. The van der Waals surface area contributed by atoms with Gasteiger partial charge in [0.05, 0.1) is 6.54 Å². The van der Waals surface area contributed by atoms with Gasteiger partial charge in [-0.15, -0.1) is 0 Å².